The molecule has 1 aliphatic rings. The Morgan fingerprint density at radius 1 is 1.39 bits per heavy atom. The summed E-state index contributed by atoms with van der Waals surface area (Å²) in [6.07, 6.45) is 3.86. The summed E-state index contributed by atoms with van der Waals surface area (Å²) in [5, 5.41) is 10.5. The number of nitrogens with zero attached hydrogens (tertiary/aromatic N) is 1. The summed E-state index contributed by atoms with van der Waals surface area (Å²) in [5.41, 5.74) is 0.132. The van der Waals surface area contributed by atoms with Crippen molar-refractivity contribution in [1.29, 1.82) is 0 Å². The second-order valence-corrected chi connectivity index (χ2v) is 4.66. The van der Waals surface area contributed by atoms with Crippen LogP contribution in [0, 0.1) is 21.8 Å². The van der Waals surface area contributed by atoms with E-state index in [-0.39, 0.29) is 11.7 Å². The van der Waals surface area contributed by atoms with E-state index in [1.165, 1.54) is 12.1 Å². The maximum atomic E-state index is 13.4. The first kappa shape index (κ1) is 12.7. The molecule has 0 heterocycles. The van der Waals surface area contributed by atoms with E-state index in [2.05, 4.69) is 0 Å². The van der Waals surface area contributed by atoms with Crippen LogP contribution >= 0.6 is 0 Å². The molecule has 1 unspecified atom stereocenters. The average molecular weight is 251 g/mol. The Labute approximate surface area is 104 Å². The lowest BCUT2D eigenvalue weighted by atomic mass is 9.84. The van der Waals surface area contributed by atoms with E-state index in [1.54, 1.807) is 0 Å². The molecule has 0 radical (unpaired) electrons. The molecule has 2 rings (SSSR count). The molecule has 0 aromatic heterocycles. The molecule has 0 aliphatic heterocycles. The summed E-state index contributed by atoms with van der Waals surface area (Å²) in [6, 6.07) is 3.86. The van der Waals surface area contributed by atoms with Crippen molar-refractivity contribution in [1.82, 2.24) is 0 Å². The van der Waals surface area contributed by atoms with Crippen molar-refractivity contribution in [3.63, 3.8) is 0 Å². The fourth-order valence-electron chi connectivity index (χ4n) is 2.38. The normalized spacial score (nSPS) is 19.8. The molecule has 1 aromatic rings. The Bertz CT molecular complexity index is 487. The van der Waals surface area contributed by atoms with Crippen LogP contribution < -0.4 is 0 Å². The molecule has 96 valence electrons. The zero-order valence-corrected chi connectivity index (χ0v) is 9.89. The Morgan fingerprint density at radius 2 is 2.17 bits per heavy atom. The maximum absolute atomic E-state index is 13.4. The van der Waals surface area contributed by atoms with Gasteiger partial charge >= 0.3 is 5.69 Å². The predicted molar refractivity (Wildman–Crippen MR) is 63.7 cm³/mol. The molecule has 1 aliphatic carbocycles. The highest BCUT2D eigenvalue weighted by molar-refractivity contribution is 5.81. The van der Waals surface area contributed by atoms with Gasteiger partial charge in [0.05, 0.1) is 4.92 Å². The molecule has 1 aromatic carbocycles. The van der Waals surface area contributed by atoms with Crippen LogP contribution in [0.2, 0.25) is 0 Å². The molecular weight excluding hydrogens is 237 g/mol. The van der Waals surface area contributed by atoms with Gasteiger partial charge in [-0.3, -0.25) is 14.9 Å². The Morgan fingerprint density at radius 3 is 2.78 bits per heavy atom. The van der Waals surface area contributed by atoms with Crippen molar-refractivity contribution >= 4 is 11.5 Å². The molecule has 18 heavy (non-hydrogen) atoms. The number of hydrogen-bond donors (Lipinski definition) is 0. The van der Waals surface area contributed by atoms with Crippen molar-refractivity contribution in [3.05, 3.63) is 39.7 Å². The van der Waals surface area contributed by atoms with E-state index in [4.69, 9.17) is 0 Å². The van der Waals surface area contributed by atoms with E-state index in [9.17, 15) is 19.3 Å². The third-order valence-corrected chi connectivity index (χ3v) is 3.37. The third kappa shape index (κ3) is 2.72. The topological polar surface area (TPSA) is 60.2 Å². The van der Waals surface area contributed by atoms with Crippen LogP contribution in [-0.2, 0) is 11.2 Å². The van der Waals surface area contributed by atoms with Gasteiger partial charge in [-0.25, -0.2) is 0 Å². The van der Waals surface area contributed by atoms with E-state index in [0.29, 0.717) is 18.4 Å². The van der Waals surface area contributed by atoms with Crippen LogP contribution in [0.25, 0.3) is 0 Å². The van der Waals surface area contributed by atoms with Gasteiger partial charge in [-0.1, -0.05) is 12.5 Å². The smallest absolute Gasteiger partial charge is 0.299 e. The molecule has 0 saturated heterocycles. The Balaban J connectivity index is 2.12. The number of Topliss-reactive ketones (excluding diaryl/α,β-unsaturated/α-hetero) is 1. The first-order chi connectivity index (χ1) is 8.58. The van der Waals surface area contributed by atoms with Gasteiger partial charge < -0.3 is 0 Å². The Hall–Kier alpha value is -1.78. The molecule has 0 bridgehead atoms. The van der Waals surface area contributed by atoms with E-state index >= 15 is 0 Å². The maximum Gasteiger partial charge on any atom is 0.304 e. The first-order valence-corrected chi connectivity index (χ1v) is 6.03. The van der Waals surface area contributed by atoms with Crippen molar-refractivity contribution < 1.29 is 14.1 Å². The summed E-state index contributed by atoms with van der Waals surface area (Å²) < 4.78 is 13.4. The number of benzene rings is 1. The number of nitro groups is 1. The fraction of sp³-hybridized carbons (Fsp3) is 0.462. The zero-order valence-electron chi connectivity index (χ0n) is 9.89. The highest BCUT2D eigenvalue weighted by atomic mass is 19.1. The quantitative estimate of drug-likeness (QED) is 0.612. The molecule has 0 amide bonds. The van der Waals surface area contributed by atoms with Crippen LogP contribution in [0.3, 0.4) is 0 Å². The summed E-state index contributed by atoms with van der Waals surface area (Å²) in [4.78, 5) is 21.4. The fourth-order valence-corrected chi connectivity index (χ4v) is 2.38. The van der Waals surface area contributed by atoms with E-state index in [1.807, 2.05) is 0 Å². The average Bonchev–Trinajstić information content (AvgIpc) is 2.32. The third-order valence-electron chi connectivity index (χ3n) is 3.37. The van der Waals surface area contributed by atoms with Crippen LogP contribution in [0.1, 0.15) is 31.2 Å². The lowest BCUT2D eigenvalue weighted by molar-refractivity contribution is -0.387. The number of hydrogen-bond acceptors (Lipinski definition) is 3. The summed E-state index contributed by atoms with van der Waals surface area (Å²) in [6.45, 7) is 0. The Kier molecular flexibility index (Phi) is 3.69. The summed E-state index contributed by atoms with van der Waals surface area (Å²) >= 11 is 0. The number of carbonyl (C=O) groups excluding carboxylic acids is 1. The van der Waals surface area contributed by atoms with Crippen LogP contribution in [0.5, 0.6) is 0 Å². The van der Waals surface area contributed by atoms with Crippen LogP contribution in [-0.4, -0.2) is 10.7 Å². The first-order valence-electron chi connectivity index (χ1n) is 6.03. The zero-order chi connectivity index (χ0) is 13.1. The van der Waals surface area contributed by atoms with Gasteiger partial charge in [0.1, 0.15) is 5.78 Å². The van der Waals surface area contributed by atoms with E-state index < -0.39 is 16.4 Å². The molecule has 4 nitrogen and oxygen atoms in total. The van der Waals surface area contributed by atoms with Gasteiger partial charge in [0.25, 0.3) is 0 Å². The van der Waals surface area contributed by atoms with Crippen molar-refractivity contribution in [2.45, 2.75) is 32.1 Å². The second kappa shape index (κ2) is 5.25. The van der Waals surface area contributed by atoms with Gasteiger partial charge in [-0.05, 0) is 30.9 Å². The minimum Gasteiger partial charge on any atom is -0.299 e. The molecule has 1 fully saturated rings. The second-order valence-electron chi connectivity index (χ2n) is 4.66. The molecule has 1 atom stereocenters. The van der Waals surface area contributed by atoms with Crippen LogP contribution in [0.15, 0.2) is 18.2 Å². The molecule has 1 saturated carbocycles. The summed E-state index contributed by atoms with van der Waals surface area (Å²) in [5.74, 6) is -0.666. The van der Waals surface area contributed by atoms with Gasteiger partial charge in [0, 0.05) is 18.4 Å². The number of rotatable bonds is 3. The number of ketones is 1. The van der Waals surface area contributed by atoms with Crippen LogP contribution in [0.4, 0.5) is 10.1 Å². The highest BCUT2D eigenvalue weighted by Gasteiger charge is 2.23. The van der Waals surface area contributed by atoms with Gasteiger partial charge in [0.15, 0.2) is 0 Å². The van der Waals surface area contributed by atoms with Crippen molar-refractivity contribution in [3.8, 4) is 0 Å². The highest BCUT2D eigenvalue weighted by Crippen LogP contribution is 2.26. The number of nitro benzene ring substituents is 1. The van der Waals surface area contributed by atoms with E-state index in [0.717, 1.165) is 25.3 Å². The molecular formula is C13H14FNO3. The van der Waals surface area contributed by atoms with Gasteiger partial charge in [0.2, 0.25) is 5.82 Å². The minimum atomic E-state index is -0.833. The largest absolute Gasteiger partial charge is 0.304 e. The molecule has 5 heteroatoms. The van der Waals surface area contributed by atoms with Gasteiger partial charge in [-0.15, -0.1) is 0 Å². The SMILES string of the molecule is O=C1CCCCC1Cc1ccc([N+](=O)[O-])c(F)c1. The lowest BCUT2D eigenvalue weighted by Gasteiger charge is -2.20. The lowest BCUT2D eigenvalue weighted by Crippen LogP contribution is -2.21. The van der Waals surface area contributed by atoms with Gasteiger partial charge in [-0.2, -0.15) is 4.39 Å². The summed E-state index contributed by atoms with van der Waals surface area (Å²) in [7, 11) is 0. The van der Waals surface area contributed by atoms with Crippen molar-refractivity contribution in [2.24, 2.45) is 5.92 Å². The predicted octanol–water partition coefficient (Wildman–Crippen LogP) is 3.04. The number of carbonyl (C=O) groups is 1. The standard InChI is InChI=1S/C13H14FNO3/c14-11-8-9(5-6-12(11)15(17)18)7-10-3-1-2-4-13(10)16/h5-6,8,10H,1-4,7H2. The minimum absolute atomic E-state index is 0.0559. The molecule has 0 N–H and O–H groups in total. The van der Waals surface area contributed by atoms with Crippen molar-refractivity contribution in [2.75, 3.05) is 0 Å². The monoisotopic (exact) mass is 251 g/mol. The number of halogens is 1. The molecule has 0 spiro atoms.